The van der Waals surface area contributed by atoms with Crippen molar-refractivity contribution < 1.29 is 4.74 Å². The SMILES string of the molecule is C#C/C(=C\[C@H]1O[C@@]1(C)CC)c1ccccc1. The standard InChI is InChI=1S/C15H16O/c1-4-12(13-9-7-6-8-10-13)11-14-15(3,5-2)16-14/h1,6-11,14H,5H2,2-3H3/b12-11+/t14-,15+/m1/s1. The Labute approximate surface area is 97.1 Å². The van der Waals surface area contributed by atoms with Crippen molar-refractivity contribution in [2.75, 3.05) is 0 Å². The van der Waals surface area contributed by atoms with E-state index in [1.807, 2.05) is 30.3 Å². The first-order valence-electron chi connectivity index (χ1n) is 5.61. The van der Waals surface area contributed by atoms with Crippen LogP contribution >= 0.6 is 0 Å². The average molecular weight is 212 g/mol. The van der Waals surface area contributed by atoms with Crippen molar-refractivity contribution in [1.82, 2.24) is 0 Å². The molecule has 0 amide bonds. The highest BCUT2D eigenvalue weighted by atomic mass is 16.6. The van der Waals surface area contributed by atoms with Crippen LogP contribution in [0.3, 0.4) is 0 Å². The molecule has 1 aliphatic heterocycles. The number of epoxide rings is 1. The van der Waals surface area contributed by atoms with Crippen LogP contribution < -0.4 is 0 Å². The van der Waals surface area contributed by atoms with Gasteiger partial charge in [0.2, 0.25) is 0 Å². The number of hydrogen-bond donors (Lipinski definition) is 0. The third kappa shape index (κ3) is 2.03. The van der Waals surface area contributed by atoms with Crippen molar-refractivity contribution >= 4 is 5.57 Å². The quantitative estimate of drug-likeness (QED) is 0.553. The van der Waals surface area contributed by atoms with E-state index in [0.29, 0.717) is 0 Å². The van der Waals surface area contributed by atoms with Gasteiger partial charge in [-0.2, -0.15) is 0 Å². The number of terminal acetylenes is 1. The second kappa shape index (κ2) is 4.15. The first-order chi connectivity index (χ1) is 7.69. The van der Waals surface area contributed by atoms with Gasteiger partial charge in [0.05, 0.1) is 5.60 Å². The summed E-state index contributed by atoms with van der Waals surface area (Å²) in [7, 11) is 0. The second-order valence-electron chi connectivity index (χ2n) is 4.30. The fraction of sp³-hybridized carbons (Fsp3) is 0.333. The number of allylic oxidation sites excluding steroid dienone is 1. The van der Waals surface area contributed by atoms with Gasteiger partial charge in [0, 0.05) is 5.57 Å². The molecule has 0 N–H and O–H groups in total. The van der Waals surface area contributed by atoms with Crippen LogP contribution in [0.4, 0.5) is 0 Å². The Hall–Kier alpha value is -1.52. The zero-order valence-corrected chi connectivity index (χ0v) is 9.73. The number of benzene rings is 1. The summed E-state index contributed by atoms with van der Waals surface area (Å²) in [4.78, 5) is 0. The highest BCUT2D eigenvalue weighted by Crippen LogP contribution is 2.41. The van der Waals surface area contributed by atoms with Crippen molar-refractivity contribution in [2.45, 2.75) is 32.0 Å². The van der Waals surface area contributed by atoms with Gasteiger partial charge in [-0.15, -0.1) is 6.42 Å². The third-order valence-electron chi connectivity index (χ3n) is 3.20. The van der Waals surface area contributed by atoms with E-state index in [4.69, 9.17) is 11.2 Å². The van der Waals surface area contributed by atoms with Crippen LogP contribution in [-0.2, 0) is 4.74 Å². The molecule has 0 spiro atoms. The van der Waals surface area contributed by atoms with Gasteiger partial charge in [-0.05, 0) is 25.0 Å². The fourth-order valence-corrected chi connectivity index (χ4v) is 1.75. The van der Waals surface area contributed by atoms with Crippen LogP contribution in [0.25, 0.3) is 5.57 Å². The molecular weight excluding hydrogens is 196 g/mol. The zero-order valence-electron chi connectivity index (χ0n) is 9.73. The fourth-order valence-electron chi connectivity index (χ4n) is 1.75. The van der Waals surface area contributed by atoms with E-state index in [0.717, 1.165) is 17.6 Å². The summed E-state index contributed by atoms with van der Waals surface area (Å²) in [5, 5.41) is 0. The molecule has 82 valence electrons. The van der Waals surface area contributed by atoms with Gasteiger partial charge in [-0.1, -0.05) is 43.2 Å². The van der Waals surface area contributed by atoms with Crippen molar-refractivity contribution in [1.29, 1.82) is 0 Å². The lowest BCUT2D eigenvalue weighted by molar-refractivity contribution is 0.309. The molecule has 1 saturated heterocycles. The summed E-state index contributed by atoms with van der Waals surface area (Å²) in [6, 6.07) is 10.0. The molecule has 0 unspecified atom stereocenters. The van der Waals surface area contributed by atoms with Crippen molar-refractivity contribution in [3.05, 3.63) is 42.0 Å². The molecular formula is C15H16O. The highest BCUT2D eigenvalue weighted by molar-refractivity contribution is 5.78. The maximum Gasteiger partial charge on any atom is 0.107 e. The van der Waals surface area contributed by atoms with E-state index in [1.54, 1.807) is 0 Å². The Morgan fingerprint density at radius 2 is 2.19 bits per heavy atom. The molecule has 0 aliphatic carbocycles. The van der Waals surface area contributed by atoms with E-state index in [1.165, 1.54) is 0 Å². The minimum atomic E-state index is -0.00309. The van der Waals surface area contributed by atoms with Crippen molar-refractivity contribution in [3.8, 4) is 12.3 Å². The normalized spacial score (nSPS) is 28.6. The lowest BCUT2D eigenvalue weighted by atomic mass is 10.00. The number of hydrogen-bond acceptors (Lipinski definition) is 1. The zero-order chi connectivity index (χ0) is 11.6. The van der Waals surface area contributed by atoms with E-state index in [9.17, 15) is 0 Å². The largest absolute Gasteiger partial charge is 0.362 e. The van der Waals surface area contributed by atoms with Crippen LogP contribution in [0, 0.1) is 12.3 Å². The van der Waals surface area contributed by atoms with Crippen LogP contribution in [0.5, 0.6) is 0 Å². The molecule has 1 heterocycles. The Balaban J connectivity index is 2.20. The molecule has 1 aliphatic rings. The van der Waals surface area contributed by atoms with Gasteiger partial charge in [0.15, 0.2) is 0 Å². The molecule has 1 aromatic carbocycles. The van der Waals surface area contributed by atoms with Crippen LogP contribution in [0.15, 0.2) is 36.4 Å². The van der Waals surface area contributed by atoms with Gasteiger partial charge in [0.25, 0.3) is 0 Å². The molecule has 16 heavy (non-hydrogen) atoms. The van der Waals surface area contributed by atoms with Gasteiger partial charge in [0.1, 0.15) is 6.10 Å². The predicted molar refractivity (Wildman–Crippen MR) is 66.8 cm³/mol. The first kappa shape index (κ1) is 11.0. The topological polar surface area (TPSA) is 12.5 Å². The predicted octanol–water partition coefficient (Wildman–Crippen LogP) is 3.27. The molecule has 1 fully saturated rings. The van der Waals surface area contributed by atoms with Crippen LogP contribution in [0.1, 0.15) is 25.8 Å². The molecule has 0 radical (unpaired) electrons. The van der Waals surface area contributed by atoms with Gasteiger partial charge < -0.3 is 4.74 Å². The molecule has 1 heteroatoms. The highest BCUT2D eigenvalue weighted by Gasteiger charge is 2.49. The Kier molecular flexibility index (Phi) is 2.85. The lowest BCUT2D eigenvalue weighted by Crippen LogP contribution is -2.05. The van der Waals surface area contributed by atoms with Crippen molar-refractivity contribution in [3.63, 3.8) is 0 Å². The van der Waals surface area contributed by atoms with Crippen LogP contribution in [-0.4, -0.2) is 11.7 Å². The summed E-state index contributed by atoms with van der Waals surface area (Å²) in [5.41, 5.74) is 2.00. The Morgan fingerprint density at radius 3 is 2.69 bits per heavy atom. The minimum Gasteiger partial charge on any atom is -0.362 e. The molecule has 1 nitrogen and oxygen atoms in total. The van der Waals surface area contributed by atoms with E-state index in [-0.39, 0.29) is 11.7 Å². The molecule has 0 saturated carbocycles. The van der Waals surface area contributed by atoms with E-state index < -0.39 is 0 Å². The summed E-state index contributed by atoms with van der Waals surface area (Å²) >= 11 is 0. The molecule has 2 rings (SSSR count). The monoisotopic (exact) mass is 212 g/mol. The first-order valence-corrected chi connectivity index (χ1v) is 5.61. The number of rotatable bonds is 3. The maximum absolute atomic E-state index is 5.64. The summed E-state index contributed by atoms with van der Waals surface area (Å²) < 4.78 is 5.64. The Bertz CT molecular complexity index is 438. The lowest BCUT2D eigenvalue weighted by Gasteiger charge is -2.00. The maximum atomic E-state index is 5.64. The molecule has 0 bridgehead atoms. The molecule has 0 aromatic heterocycles. The third-order valence-corrected chi connectivity index (χ3v) is 3.20. The molecule has 2 atom stereocenters. The van der Waals surface area contributed by atoms with Gasteiger partial charge >= 0.3 is 0 Å². The summed E-state index contributed by atoms with van der Waals surface area (Å²) in [5.74, 6) is 2.73. The van der Waals surface area contributed by atoms with E-state index in [2.05, 4.69) is 25.8 Å². The number of ether oxygens (including phenoxy) is 1. The van der Waals surface area contributed by atoms with Crippen molar-refractivity contribution in [2.24, 2.45) is 0 Å². The molecule has 1 aromatic rings. The van der Waals surface area contributed by atoms with E-state index >= 15 is 0 Å². The van der Waals surface area contributed by atoms with Gasteiger partial charge in [-0.25, -0.2) is 0 Å². The Morgan fingerprint density at radius 1 is 1.50 bits per heavy atom. The minimum absolute atomic E-state index is 0.00309. The smallest absolute Gasteiger partial charge is 0.107 e. The van der Waals surface area contributed by atoms with Gasteiger partial charge in [-0.3, -0.25) is 0 Å². The average Bonchev–Trinajstić information content (AvgIpc) is 2.99. The van der Waals surface area contributed by atoms with Crippen LogP contribution in [0.2, 0.25) is 0 Å². The summed E-state index contributed by atoms with van der Waals surface area (Å²) in [6.07, 6.45) is 8.78. The summed E-state index contributed by atoms with van der Waals surface area (Å²) in [6.45, 7) is 4.25. The second-order valence-corrected chi connectivity index (χ2v) is 4.30.